The summed E-state index contributed by atoms with van der Waals surface area (Å²) >= 11 is 0. The maximum atomic E-state index is 10.4. The van der Waals surface area contributed by atoms with Crippen molar-refractivity contribution in [3.8, 4) is 5.75 Å². The lowest BCUT2D eigenvalue weighted by Crippen LogP contribution is -1.89. The maximum Gasteiger partial charge on any atom is 0.144 e. The van der Waals surface area contributed by atoms with Gasteiger partial charge in [0.05, 0.1) is 5.75 Å². The number of thiol groups is 1. The normalized spacial score (nSPS) is 10.5. The summed E-state index contributed by atoms with van der Waals surface area (Å²) in [5.74, 6) is 0.207. The lowest BCUT2D eigenvalue weighted by Gasteiger charge is -2.01. The highest BCUT2D eigenvalue weighted by molar-refractivity contribution is 7.71. The molecule has 0 saturated carbocycles. The van der Waals surface area contributed by atoms with Gasteiger partial charge in [0.25, 0.3) is 0 Å². The second-order valence-electron chi connectivity index (χ2n) is 2.60. The van der Waals surface area contributed by atoms with E-state index >= 15 is 0 Å². The number of rotatable bonds is 2. The first-order valence-corrected chi connectivity index (χ1v) is 4.86. The average Bonchev–Trinajstić information content (AvgIpc) is 1.94. The van der Waals surface area contributed by atoms with E-state index in [9.17, 15) is 8.42 Å². The third kappa shape index (κ3) is 2.23. The predicted molar refractivity (Wildman–Crippen MR) is 46.9 cm³/mol. The van der Waals surface area contributed by atoms with Crippen molar-refractivity contribution in [1.82, 2.24) is 0 Å². The molecule has 66 valence electrons. The van der Waals surface area contributed by atoms with E-state index in [1.807, 2.05) is 0 Å². The van der Waals surface area contributed by atoms with Gasteiger partial charge in [0.15, 0.2) is 0 Å². The first kappa shape index (κ1) is 9.06. The van der Waals surface area contributed by atoms with Gasteiger partial charge in [0.2, 0.25) is 0 Å². The molecule has 4 heteroatoms. The Balaban J connectivity index is 3.01. The Morgan fingerprint density at radius 3 is 2.58 bits per heavy atom. The summed E-state index contributed by atoms with van der Waals surface area (Å²) in [6.07, 6.45) is 0. The van der Waals surface area contributed by atoms with Crippen molar-refractivity contribution in [2.24, 2.45) is 0 Å². The third-order valence-electron chi connectivity index (χ3n) is 1.63. The lowest BCUT2D eigenvalue weighted by atomic mass is 10.1. The zero-order valence-corrected chi connectivity index (χ0v) is 7.54. The minimum Gasteiger partial charge on any atom is -0.508 e. The van der Waals surface area contributed by atoms with Crippen molar-refractivity contribution >= 4 is 10.7 Å². The molecule has 0 radical (unpaired) electrons. The average molecular weight is 186 g/mol. The van der Waals surface area contributed by atoms with Crippen LogP contribution in [-0.4, -0.2) is 13.5 Å². The van der Waals surface area contributed by atoms with Gasteiger partial charge < -0.3 is 5.11 Å². The summed E-state index contributed by atoms with van der Waals surface area (Å²) < 4.78 is 20.8. The van der Waals surface area contributed by atoms with E-state index in [0.717, 1.165) is 11.1 Å². The summed E-state index contributed by atoms with van der Waals surface area (Å²) in [4.78, 5) is 0. The highest BCUT2D eigenvalue weighted by Crippen LogP contribution is 2.15. The standard InChI is InChI=1S/C8H10O3S/c1-6-4-8(9)3-2-7(6)5-12(10)11/h2-4,9,12H,5H2,1H3. The topological polar surface area (TPSA) is 54.4 Å². The van der Waals surface area contributed by atoms with E-state index in [0.29, 0.717) is 0 Å². The molecule has 0 aliphatic rings. The van der Waals surface area contributed by atoms with Crippen LogP contribution < -0.4 is 0 Å². The number of aromatic hydroxyl groups is 1. The maximum absolute atomic E-state index is 10.4. The fourth-order valence-corrected chi connectivity index (χ4v) is 1.63. The molecule has 3 nitrogen and oxygen atoms in total. The highest BCUT2D eigenvalue weighted by atomic mass is 32.2. The molecule has 0 heterocycles. The molecule has 1 aromatic rings. The van der Waals surface area contributed by atoms with Crippen LogP contribution in [0.15, 0.2) is 18.2 Å². The molecular formula is C8H10O3S. The van der Waals surface area contributed by atoms with Crippen LogP contribution in [0.4, 0.5) is 0 Å². The second kappa shape index (κ2) is 3.58. The van der Waals surface area contributed by atoms with Gasteiger partial charge in [-0.15, -0.1) is 0 Å². The van der Waals surface area contributed by atoms with Crippen molar-refractivity contribution < 1.29 is 13.5 Å². The van der Waals surface area contributed by atoms with E-state index in [1.165, 1.54) is 6.07 Å². The lowest BCUT2D eigenvalue weighted by molar-refractivity contribution is 0.474. The number of phenols is 1. The number of benzene rings is 1. The third-order valence-corrected chi connectivity index (χ3v) is 2.22. The summed E-state index contributed by atoms with van der Waals surface area (Å²) in [6, 6.07) is 4.66. The zero-order valence-electron chi connectivity index (χ0n) is 6.65. The monoisotopic (exact) mass is 186 g/mol. The van der Waals surface area contributed by atoms with Crippen LogP contribution in [0.1, 0.15) is 11.1 Å². The number of hydrogen-bond acceptors (Lipinski definition) is 3. The number of hydrogen-bond donors (Lipinski definition) is 2. The molecule has 0 unspecified atom stereocenters. The molecule has 0 fully saturated rings. The largest absolute Gasteiger partial charge is 0.508 e. The van der Waals surface area contributed by atoms with E-state index in [4.69, 9.17) is 5.11 Å². The first-order valence-electron chi connectivity index (χ1n) is 3.50. The van der Waals surface area contributed by atoms with Crippen LogP contribution in [0.25, 0.3) is 0 Å². The number of phenolic OH excluding ortho intramolecular Hbond substituents is 1. The van der Waals surface area contributed by atoms with Crippen LogP contribution in [0, 0.1) is 6.92 Å². The van der Waals surface area contributed by atoms with E-state index in [1.54, 1.807) is 19.1 Å². The Morgan fingerprint density at radius 1 is 1.42 bits per heavy atom. The van der Waals surface area contributed by atoms with Gasteiger partial charge in [-0.3, -0.25) is 0 Å². The summed E-state index contributed by atoms with van der Waals surface area (Å²) in [5, 5.41) is 9.02. The Morgan fingerprint density at radius 2 is 2.08 bits per heavy atom. The van der Waals surface area contributed by atoms with Crippen molar-refractivity contribution in [3.63, 3.8) is 0 Å². The number of aryl methyl sites for hydroxylation is 1. The van der Waals surface area contributed by atoms with Crippen LogP contribution in [0.3, 0.4) is 0 Å². The molecule has 0 atom stereocenters. The summed E-state index contributed by atoms with van der Waals surface area (Å²) in [6.45, 7) is 1.77. The van der Waals surface area contributed by atoms with Gasteiger partial charge in [-0.2, -0.15) is 0 Å². The van der Waals surface area contributed by atoms with Gasteiger partial charge in [-0.25, -0.2) is 8.42 Å². The molecular weight excluding hydrogens is 176 g/mol. The molecule has 12 heavy (non-hydrogen) atoms. The molecule has 1 N–H and O–H groups in total. The van der Waals surface area contributed by atoms with Crippen LogP contribution in [0.5, 0.6) is 5.75 Å². The molecule has 0 spiro atoms. The smallest absolute Gasteiger partial charge is 0.144 e. The van der Waals surface area contributed by atoms with E-state index in [-0.39, 0.29) is 11.5 Å². The van der Waals surface area contributed by atoms with Crippen LogP contribution in [0.2, 0.25) is 0 Å². The molecule has 1 aromatic carbocycles. The first-order chi connectivity index (χ1) is 5.59. The SMILES string of the molecule is Cc1cc(O)ccc1C[SH](=O)=O. The van der Waals surface area contributed by atoms with Gasteiger partial charge in [0.1, 0.15) is 16.5 Å². The predicted octanol–water partition coefficient (Wildman–Crippen LogP) is 0.812. The second-order valence-corrected chi connectivity index (χ2v) is 3.58. The zero-order chi connectivity index (χ0) is 9.14. The fourth-order valence-electron chi connectivity index (χ4n) is 0.997. The van der Waals surface area contributed by atoms with E-state index in [2.05, 4.69) is 0 Å². The molecule has 0 aromatic heterocycles. The molecule has 1 rings (SSSR count). The Labute approximate surface area is 72.6 Å². The summed E-state index contributed by atoms with van der Waals surface area (Å²) in [7, 11) is -2.38. The van der Waals surface area contributed by atoms with Crippen LogP contribution in [-0.2, 0) is 16.5 Å². The van der Waals surface area contributed by atoms with Gasteiger partial charge in [-0.05, 0) is 30.2 Å². The summed E-state index contributed by atoms with van der Waals surface area (Å²) in [5.41, 5.74) is 1.54. The molecule has 0 saturated heterocycles. The van der Waals surface area contributed by atoms with Crippen LogP contribution >= 0.6 is 0 Å². The molecule has 0 aliphatic heterocycles. The highest BCUT2D eigenvalue weighted by Gasteiger charge is 1.99. The quantitative estimate of drug-likeness (QED) is 0.672. The molecule has 0 bridgehead atoms. The minimum absolute atomic E-state index is 0.0431. The van der Waals surface area contributed by atoms with Crippen molar-refractivity contribution in [3.05, 3.63) is 29.3 Å². The Bertz CT molecular complexity index is 347. The molecule has 0 amide bonds. The van der Waals surface area contributed by atoms with Crippen molar-refractivity contribution in [1.29, 1.82) is 0 Å². The van der Waals surface area contributed by atoms with Gasteiger partial charge in [-0.1, -0.05) is 6.07 Å². The van der Waals surface area contributed by atoms with Crippen molar-refractivity contribution in [2.75, 3.05) is 0 Å². The van der Waals surface area contributed by atoms with Crippen molar-refractivity contribution in [2.45, 2.75) is 12.7 Å². The fraction of sp³-hybridized carbons (Fsp3) is 0.250. The van der Waals surface area contributed by atoms with Gasteiger partial charge >= 0.3 is 0 Å². The molecule has 0 aliphatic carbocycles. The Hall–Kier alpha value is -1.03. The minimum atomic E-state index is -2.38. The Kier molecular flexibility index (Phi) is 2.70. The van der Waals surface area contributed by atoms with Gasteiger partial charge in [0, 0.05) is 0 Å². The van der Waals surface area contributed by atoms with E-state index < -0.39 is 10.7 Å².